The highest BCUT2D eigenvalue weighted by atomic mass is 35.5. The van der Waals surface area contributed by atoms with E-state index in [1.54, 1.807) is 18.6 Å². The Balaban J connectivity index is 0.00000200. The second-order valence-corrected chi connectivity index (χ2v) is 4.95. The second-order valence-electron chi connectivity index (χ2n) is 4.95. The molecule has 1 aromatic heterocycles. The Morgan fingerprint density at radius 3 is 2.48 bits per heavy atom. The zero-order chi connectivity index (χ0) is 13.7. The van der Waals surface area contributed by atoms with Crippen molar-refractivity contribution in [2.45, 2.75) is 25.8 Å². The van der Waals surface area contributed by atoms with Crippen molar-refractivity contribution in [2.24, 2.45) is 5.73 Å². The highest BCUT2D eigenvalue weighted by molar-refractivity contribution is 5.85. The van der Waals surface area contributed by atoms with E-state index >= 15 is 0 Å². The van der Waals surface area contributed by atoms with Crippen LogP contribution in [0.1, 0.15) is 19.8 Å². The molecule has 1 saturated heterocycles. The lowest BCUT2D eigenvalue weighted by Gasteiger charge is -2.35. The van der Waals surface area contributed by atoms with Crippen molar-refractivity contribution >= 4 is 36.5 Å². The minimum Gasteiger partial charge on any atom is -0.352 e. The Morgan fingerprint density at radius 2 is 1.95 bits per heavy atom. The van der Waals surface area contributed by atoms with E-state index in [2.05, 4.69) is 14.9 Å². The molecule has 8 heteroatoms. The van der Waals surface area contributed by atoms with Crippen LogP contribution in [-0.4, -0.2) is 53.0 Å². The van der Waals surface area contributed by atoms with E-state index in [9.17, 15) is 4.79 Å². The van der Waals surface area contributed by atoms with E-state index in [1.807, 2.05) is 11.8 Å². The monoisotopic (exact) mass is 335 g/mol. The van der Waals surface area contributed by atoms with Gasteiger partial charge in [0.25, 0.3) is 0 Å². The molecule has 2 N–H and O–H groups in total. The van der Waals surface area contributed by atoms with Gasteiger partial charge in [0, 0.05) is 51.0 Å². The van der Waals surface area contributed by atoms with E-state index < -0.39 is 0 Å². The van der Waals surface area contributed by atoms with Gasteiger partial charge in [0.15, 0.2) is 0 Å². The molecule has 0 saturated carbocycles. The van der Waals surface area contributed by atoms with E-state index in [-0.39, 0.29) is 36.8 Å². The van der Waals surface area contributed by atoms with Gasteiger partial charge in [-0.1, -0.05) is 0 Å². The first-order chi connectivity index (χ1) is 9.16. The molecule has 6 nitrogen and oxygen atoms in total. The van der Waals surface area contributed by atoms with Gasteiger partial charge in [-0.25, -0.2) is 4.98 Å². The average molecular weight is 336 g/mol. The fourth-order valence-electron chi connectivity index (χ4n) is 2.15. The van der Waals surface area contributed by atoms with Gasteiger partial charge in [-0.3, -0.25) is 9.78 Å². The summed E-state index contributed by atoms with van der Waals surface area (Å²) in [6.07, 6.45) is 6.41. The Bertz CT molecular complexity index is 410. The third kappa shape index (κ3) is 6.03. The number of aromatic nitrogens is 2. The van der Waals surface area contributed by atoms with E-state index in [0.29, 0.717) is 6.42 Å². The molecule has 1 unspecified atom stereocenters. The molecule has 1 aromatic rings. The first-order valence-electron chi connectivity index (χ1n) is 6.71. The Kier molecular flexibility index (Phi) is 9.24. The van der Waals surface area contributed by atoms with Crippen LogP contribution in [0.15, 0.2) is 18.6 Å². The molecule has 2 rings (SSSR count). The van der Waals surface area contributed by atoms with Gasteiger partial charge < -0.3 is 15.5 Å². The largest absolute Gasteiger partial charge is 0.352 e. The number of hydrogen-bond acceptors (Lipinski definition) is 5. The van der Waals surface area contributed by atoms with Gasteiger partial charge in [0.05, 0.1) is 6.20 Å². The minimum absolute atomic E-state index is 0. The van der Waals surface area contributed by atoms with Crippen LogP contribution in [0.2, 0.25) is 0 Å². The van der Waals surface area contributed by atoms with Gasteiger partial charge in [0.2, 0.25) is 5.91 Å². The standard InChI is InChI=1S/C13H21N5O.2ClH/c1-11(14)2-3-13(19)18-8-6-17(7-9-18)12-10-15-4-5-16-12;;/h4-5,10-11H,2-3,6-9,14H2,1H3;2*1H. The molecule has 1 atom stereocenters. The molecule has 1 fully saturated rings. The zero-order valence-corrected chi connectivity index (χ0v) is 13.8. The predicted molar refractivity (Wildman–Crippen MR) is 88.2 cm³/mol. The summed E-state index contributed by atoms with van der Waals surface area (Å²) in [5.74, 6) is 1.08. The normalized spacial score (nSPS) is 15.7. The van der Waals surface area contributed by atoms with Gasteiger partial charge in [0.1, 0.15) is 5.82 Å². The third-order valence-electron chi connectivity index (χ3n) is 3.32. The van der Waals surface area contributed by atoms with Crippen molar-refractivity contribution in [3.8, 4) is 0 Å². The number of piperazine rings is 1. The van der Waals surface area contributed by atoms with Crippen molar-refractivity contribution in [1.82, 2.24) is 14.9 Å². The highest BCUT2D eigenvalue weighted by Gasteiger charge is 2.21. The van der Waals surface area contributed by atoms with Gasteiger partial charge in [-0.2, -0.15) is 0 Å². The van der Waals surface area contributed by atoms with Crippen LogP contribution in [0.4, 0.5) is 5.82 Å². The number of nitrogens with zero attached hydrogens (tertiary/aromatic N) is 4. The first kappa shape index (κ1) is 19.9. The fourth-order valence-corrected chi connectivity index (χ4v) is 2.15. The summed E-state index contributed by atoms with van der Waals surface area (Å²) in [7, 11) is 0. The van der Waals surface area contributed by atoms with Crippen LogP contribution in [-0.2, 0) is 4.79 Å². The van der Waals surface area contributed by atoms with Crippen LogP contribution in [0.25, 0.3) is 0 Å². The first-order valence-corrected chi connectivity index (χ1v) is 6.71. The molecule has 2 heterocycles. The molecule has 21 heavy (non-hydrogen) atoms. The topological polar surface area (TPSA) is 75.4 Å². The van der Waals surface area contributed by atoms with Crippen LogP contribution in [0.5, 0.6) is 0 Å². The lowest BCUT2D eigenvalue weighted by atomic mass is 10.1. The quantitative estimate of drug-likeness (QED) is 0.891. The molecule has 0 spiro atoms. The maximum Gasteiger partial charge on any atom is 0.222 e. The smallest absolute Gasteiger partial charge is 0.222 e. The number of rotatable bonds is 4. The molecular formula is C13H23Cl2N5O. The SMILES string of the molecule is CC(N)CCC(=O)N1CCN(c2cnccn2)CC1.Cl.Cl. The van der Waals surface area contributed by atoms with Crippen molar-refractivity contribution in [3.63, 3.8) is 0 Å². The van der Waals surface area contributed by atoms with Crippen LogP contribution in [0, 0.1) is 0 Å². The van der Waals surface area contributed by atoms with Gasteiger partial charge in [-0.05, 0) is 13.3 Å². The highest BCUT2D eigenvalue weighted by Crippen LogP contribution is 2.12. The maximum absolute atomic E-state index is 12.0. The lowest BCUT2D eigenvalue weighted by Crippen LogP contribution is -2.49. The Morgan fingerprint density at radius 1 is 1.29 bits per heavy atom. The molecule has 0 bridgehead atoms. The molecule has 0 aromatic carbocycles. The summed E-state index contributed by atoms with van der Waals surface area (Å²) in [6.45, 7) is 5.03. The number of amides is 1. The molecule has 0 radical (unpaired) electrons. The number of carbonyl (C=O) groups is 1. The zero-order valence-electron chi connectivity index (χ0n) is 12.1. The average Bonchev–Trinajstić information content (AvgIpc) is 2.46. The Hall–Kier alpha value is -1.11. The summed E-state index contributed by atoms with van der Waals surface area (Å²) < 4.78 is 0. The van der Waals surface area contributed by atoms with Crippen molar-refractivity contribution < 1.29 is 4.79 Å². The van der Waals surface area contributed by atoms with Crippen molar-refractivity contribution in [3.05, 3.63) is 18.6 Å². The molecular weight excluding hydrogens is 313 g/mol. The number of carbonyl (C=O) groups excluding carboxylic acids is 1. The number of hydrogen-bond donors (Lipinski definition) is 1. The van der Waals surface area contributed by atoms with E-state index in [4.69, 9.17) is 5.73 Å². The van der Waals surface area contributed by atoms with Gasteiger partial charge >= 0.3 is 0 Å². The van der Waals surface area contributed by atoms with Crippen LogP contribution < -0.4 is 10.6 Å². The molecule has 1 amide bonds. The molecule has 0 aliphatic carbocycles. The molecule has 1 aliphatic heterocycles. The van der Waals surface area contributed by atoms with Crippen LogP contribution in [0.3, 0.4) is 0 Å². The lowest BCUT2D eigenvalue weighted by molar-refractivity contribution is -0.131. The van der Waals surface area contributed by atoms with Crippen molar-refractivity contribution in [2.75, 3.05) is 31.1 Å². The number of nitrogens with two attached hydrogens (primary N) is 1. The second kappa shape index (κ2) is 9.76. The number of halogens is 2. The minimum atomic E-state index is 0. The summed E-state index contributed by atoms with van der Waals surface area (Å²) >= 11 is 0. The molecule has 1 aliphatic rings. The fraction of sp³-hybridized carbons (Fsp3) is 0.615. The van der Waals surface area contributed by atoms with Crippen LogP contribution >= 0.6 is 24.8 Å². The third-order valence-corrected chi connectivity index (χ3v) is 3.32. The molecule has 120 valence electrons. The van der Waals surface area contributed by atoms with Gasteiger partial charge in [-0.15, -0.1) is 24.8 Å². The summed E-state index contributed by atoms with van der Waals surface area (Å²) in [5.41, 5.74) is 5.67. The van der Waals surface area contributed by atoms with E-state index in [1.165, 1.54) is 0 Å². The van der Waals surface area contributed by atoms with E-state index in [0.717, 1.165) is 38.4 Å². The maximum atomic E-state index is 12.0. The Labute approximate surface area is 137 Å². The predicted octanol–water partition coefficient (Wildman–Crippen LogP) is 1.10. The number of anilines is 1. The summed E-state index contributed by atoms with van der Waals surface area (Å²) in [5, 5.41) is 0. The summed E-state index contributed by atoms with van der Waals surface area (Å²) in [4.78, 5) is 24.4. The summed E-state index contributed by atoms with van der Waals surface area (Å²) in [6, 6.07) is 0.0878. The van der Waals surface area contributed by atoms with Crippen molar-refractivity contribution in [1.29, 1.82) is 0 Å².